The average Bonchev–Trinajstić information content (AvgIpc) is 3.30. The topological polar surface area (TPSA) is 52.8 Å². The quantitative estimate of drug-likeness (QED) is 0.805. The molecule has 1 aromatic carbocycles. The van der Waals surface area contributed by atoms with E-state index in [-0.39, 0.29) is 0 Å². The first-order valence-corrected chi connectivity index (χ1v) is 7.25. The molecule has 0 N–H and O–H groups in total. The molecule has 1 fully saturated rings. The SMILES string of the molecule is CN(c1cc(Br)nc(C2CC2)n1)c1ccccc1C#N. The van der Waals surface area contributed by atoms with Crippen LogP contribution in [0.25, 0.3) is 0 Å². The average molecular weight is 329 g/mol. The van der Waals surface area contributed by atoms with E-state index in [0.717, 1.165) is 34.8 Å². The van der Waals surface area contributed by atoms with Crippen molar-refractivity contribution in [2.75, 3.05) is 11.9 Å². The third kappa shape index (κ3) is 2.52. The second-order valence-electron chi connectivity index (χ2n) is 4.87. The lowest BCUT2D eigenvalue weighted by molar-refractivity contribution is 0.903. The Balaban J connectivity index is 2.02. The lowest BCUT2D eigenvalue weighted by Crippen LogP contribution is -2.14. The van der Waals surface area contributed by atoms with Gasteiger partial charge in [-0.2, -0.15) is 5.26 Å². The summed E-state index contributed by atoms with van der Waals surface area (Å²) >= 11 is 3.44. The zero-order valence-corrected chi connectivity index (χ0v) is 12.6. The van der Waals surface area contributed by atoms with Crippen molar-refractivity contribution < 1.29 is 0 Å². The zero-order valence-electron chi connectivity index (χ0n) is 11.0. The summed E-state index contributed by atoms with van der Waals surface area (Å²) in [5.41, 5.74) is 1.49. The third-order valence-corrected chi connectivity index (χ3v) is 3.78. The lowest BCUT2D eigenvalue weighted by atomic mass is 10.2. The number of para-hydroxylation sites is 1. The molecule has 0 bridgehead atoms. The first-order chi connectivity index (χ1) is 9.69. The lowest BCUT2D eigenvalue weighted by Gasteiger charge is -2.20. The minimum atomic E-state index is 0.492. The maximum atomic E-state index is 9.20. The molecular weight excluding hydrogens is 316 g/mol. The molecule has 1 heterocycles. The molecular formula is C15H13BrN4. The number of nitriles is 1. The Kier molecular flexibility index (Phi) is 3.41. The molecule has 0 atom stereocenters. The van der Waals surface area contributed by atoms with Crippen LogP contribution in [-0.2, 0) is 0 Å². The molecule has 3 rings (SSSR count). The predicted octanol–water partition coefficient (Wildman–Crippen LogP) is 3.76. The van der Waals surface area contributed by atoms with E-state index in [9.17, 15) is 5.26 Å². The van der Waals surface area contributed by atoms with Crippen LogP contribution in [0.1, 0.15) is 30.1 Å². The van der Waals surface area contributed by atoms with Crippen molar-refractivity contribution in [1.82, 2.24) is 9.97 Å². The number of hydrogen-bond donors (Lipinski definition) is 0. The van der Waals surface area contributed by atoms with Gasteiger partial charge in [0.2, 0.25) is 0 Å². The summed E-state index contributed by atoms with van der Waals surface area (Å²) in [6, 6.07) is 11.6. The fourth-order valence-electron chi connectivity index (χ4n) is 2.10. The number of rotatable bonds is 3. The Morgan fingerprint density at radius 2 is 2.05 bits per heavy atom. The summed E-state index contributed by atoms with van der Waals surface area (Å²) in [6.45, 7) is 0. The van der Waals surface area contributed by atoms with Gasteiger partial charge in [0.05, 0.1) is 11.3 Å². The molecule has 1 aliphatic carbocycles. The fourth-order valence-corrected chi connectivity index (χ4v) is 2.49. The van der Waals surface area contributed by atoms with Crippen molar-refractivity contribution in [1.29, 1.82) is 5.26 Å². The van der Waals surface area contributed by atoms with Gasteiger partial charge in [0.1, 0.15) is 22.3 Å². The van der Waals surface area contributed by atoms with Crippen molar-refractivity contribution in [3.63, 3.8) is 0 Å². The van der Waals surface area contributed by atoms with Crippen LogP contribution in [0.5, 0.6) is 0 Å². The normalized spacial score (nSPS) is 13.8. The summed E-state index contributed by atoms with van der Waals surface area (Å²) in [5, 5.41) is 9.20. The largest absolute Gasteiger partial charge is 0.328 e. The Morgan fingerprint density at radius 3 is 2.75 bits per heavy atom. The number of hydrogen-bond acceptors (Lipinski definition) is 4. The van der Waals surface area contributed by atoms with Crippen molar-refractivity contribution in [2.24, 2.45) is 0 Å². The molecule has 1 aromatic heterocycles. The van der Waals surface area contributed by atoms with Gasteiger partial charge in [0.25, 0.3) is 0 Å². The van der Waals surface area contributed by atoms with Gasteiger partial charge in [0, 0.05) is 19.0 Å². The van der Waals surface area contributed by atoms with Gasteiger partial charge in [-0.3, -0.25) is 0 Å². The van der Waals surface area contributed by atoms with Crippen molar-refractivity contribution in [2.45, 2.75) is 18.8 Å². The number of anilines is 2. The van der Waals surface area contributed by atoms with E-state index in [4.69, 9.17) is 0 Å². The summed E-state index contributed by atoms with van der Waals surface area (Å²) in [7, 11) is 1.92. The van der Waals surface area contributed by atoms with Gasteiger partial charge < -0.3 is 4.90 Å². The van der Waals surface area contributed by atoms with E-state index >= 15 is 0 Å². The molecule has 0 radical (unpaired) electrons. The van der Waals surface area contributed by atoms with E-state index < -0.39 is 0 Å². The van der Waals surface area contributed by atoms with Crippen molar-refractivity contribution in [3.05, 3.63) is 46.3 Å². The van der Waals surface area contributed by atoms with E-state index in [1.54, 1.807) is 0 Å². The minimum absolute atomic E-state index is 0.492. The Morgan fingerprint density at radius 1 is 1.30 bits per heavy atom. The molecule has 0 amide bonds. The molecule has 100 valence electrons. The monoisotopic (exact) mass is 328 g/mol. The van der Waals surface area contributed by atoms with Crippen molar-refractivity contribution in [3.8, 4) is 6.07 Å². The number of nitrogens with zero attached hydrogens (tertiary/aromatic N) is 4. The summed E-state index contributed by atoms with van der Waals surface area (Å²) in [5.74, 6) is 2.18. The second-order valence-corrected chi connectivity index (χ2v) is 5.68. The highest BCUT2D eigenvalue weighted by atomic mass is 79.9. The molecule has 0 aliphatic heterocycles. The molecule has 20 heavy (non-hydrogen) atoms. The molecule has 0 unspecified atom stereocenters. The minimum Gasteiger partial charge on any atom is -0.328 e. The van der Waals surface area contributed by atoms with Crippen LogP contribution in [0.3, 0.4) is 0 Å². The number of halogens is 1. The number of benzene rings is 1. The highest BCUT2D eigenvalue weighted by Gasteiger charge is 2.27. The van der Waals surface area contributed by atoms with Gasteiger partial charge in [0.15, 0.2) is 0 Å². The first-order valence-electron chi connectivity index (χ1n) is 6.46. The highest BCUT2D eigenvalue weighted by Crippen LogP contribution is 2.39. The molecule has 1 saturated carbocycles. The maximum Gasteiger partial charge on any atom is 0.137 e. The van der Waals surface area contributed by atoms with Gasteiger partial charge in [-0.25, -0.2) is 9.97 Å². The molecule has 0 saturated heterocycles. The standard InChI is InChI=1S/C15H13BrN4/c1-20(12-5-3-2-4-11(12)9-17)14-8-13(16)18-15(19-14)10-6-7-10/h2-5,8,10H,6-7H2,1H3. The van der Waals surface area contributed by atoms with Crippen LogP contribution >= 0.6 is 15.9 Å². The Labute approximate surface area is 126 Å². The van der Waals surface area contributed by atoms with Crippen LogP contribution in [0.4, 0.5) is 11.5 Å². The van der Waals surface area contributed by atoms with Crippen LogP contribution in [0, 0.1) is 11.3 Å². The van der Waals surface area contributed by atoms with Gasteiger partial charge in [-0.05, 0) is 40.9 Å². The Bertz CT molecular complexity index is 689. The summed E-state index contributed by atoms with van der Waals surface area (Å²) < 4.78 is 0.783. The van der Waals surface area contributed by atoms with Crippen LogP contribution in [0.15, 0.2) is 34.9 Å². The summed E-state index contributed by atoms with van der Waals surface area (Å²) in [4.78, 5) is 11.0. The van der Waals surface area contributed by atoms with E-state index in [2.05, 4.69) is 32.0 Å². The van der Waals surface area contributed by atoms with Crippen molar-refractivity contribution >= 4 is 27.4 Å². The second kappa shape index (κ2) is 5.22. The molecule has 0 spiro atoms. The van der Waals surface area contributed by atoms with E-state index in [1.807, 2.05) is 42.3 Å². The number of aromatic nitrogens is 2. The highest BCUT2D eigenvalue weighted by molar-refractivity contribution is 9.10. The molecule has 2 aromatic rings. The molecule has 5 heteroatoms. The maximum absolute atomic E-state index is 9.20. The van der Waals surface area contributed by atoms with Crippen LogP contribution in [-0.4, -0.2) is 17.0 Å². The van der Waals surface area contributed by atoms with Gasteiger partial charge >= 0.3 is 0 Å². The fraction of sp³-hybridized carbons (Fsp3) is 0.267. The zero-order chi connectivity index (χ0) is 14.1. The van der Waals surface area contributed by atoms with Gasteiger partial charge in [-0.15, -0.1) is 0 Å². The van der Waals surface area contributed by atoms with E-state index in [1.165, 1.54) is 0 Å². The Hall–Kier alpha value is -1.93. The third-order valence-electron chi connectivity index (χ3n) is 3.37. The van der Waals surface area contributed by atoms with Crippen LogP contribution < -0.4 is 4.90 Å². The molecule has 4 nitrogen and oxygen atoms in total. The van der Waals surface area contributed by atoms with Crippen LogP contribution in [0.2, 0.25) is 0 Å². The molecule has 1 aliphatic rings. The summed E-state index contributed by atoms with van der Waals surface area (Å²) in [6.07, 6.45) is 2.32. The van der Waals surface area contributed by atoms with Gasteiger partial charge in [-0.1, -0.05) is 12.1 Å². The van der Waals surface area contributed by atoms with E-state index in [0.29, 0.717) is 11.5 Å². The predicted molar refractivity (Wildman–Crippen MR) is 80.9 cm³/mol. The smallest absolute Gasteiger partial charge is 0.137 e. The first kappa shape index (κ1) is 13.1.